The molecule has 0 saturated heterocycles. The van der Waals surface area contributed by atoms with Gasteiger partial charge in [0.1, 0.15) is 12.2 Å². The Labute approximate surface area is 159 Å². The maximum Gasteiger partial charge on any atom is 0.339 e. The van der Waals surface area contributed by atoms with Crippen LogP contribution >= 0.6 is 0 Å². The van der Waals surface area contributed by atoms with E-state index in [1.54, 1.807) is 12.1 Å². The SMILES string of the molecule is COc1cccc(C(=O)O)c1OCC#CCCCCOCc1ccccc1. The minimum absolute atomic E-state index is 0.0618. The monoisotopic (exact) mass is 368 g/mol. The number of unbranched alkanes of at least 4 members (excludes halogenated alkanes) is 2. The van der Waals surface area contributed by atoms with Crippen molar-refractivity contribution in [3.05, 3.63) is 59.7 Å². The fraction of sp³-hybridized carbons (Fsp3) is 0.318. The van der Waals surface area contributed by atoms with E-state index in [1.807, 2.05) is 30.3 Å². The summed E-state index contributed by atoms with van der Waals surface area (Å²) >= 11 is 0. The largest absolute Gasteiger partial charge is 0.493 e. The Morgan fingerprint density at radius 1 is 1.04 bits per heavy atom. The van der Waals surface area contributed by atoms with Crippen molar-refractivity contribution in [2.24, 2.45) is 0 Å². The van der Waals surface area contributed by atoms with Crippen LogP contribution in [0.4, 0.5) is 0 Å². The van der Waals surface area contributed by atoms with Gasteiger partial charge in [0, 0.05) is 13.0 Å². The summed E-state index contributed by atoms with van der Waals surface area (Å²) in [6, 6.07) is 14.8. The molecule has 0 saturated carbocycles. The van der Waals surface area contributed by atoms with Crippen LogP contribution in [0.2, 0.25) is 0 Å². The van der Waals surface area contributed by atoms with E-state index < -0.39 is 5.97 Å². The zero-order valence-electron chi connectivity index (χ0n) is 15.4. The normalized spacial score (nSPS) is 9.96. The topological polar surface area (TPSA) is 65.0 Å². The van der Waals surface area contributed by atoms with Crippen molar-refractivity contribution in [1.82, 2.24) is 0 Å². The molecule has 142 valence electrons. The molecule has 0 unspecified atom stereocenters. The van der Waals surface area contributed by atoms with Crippen molar-refractivity contribution in [2.75, 3.05) is 20.3 Å². The number of benzene rings is 2. The Morgan fingerprint density at radius 2 is 1.85 bits per heavy atom. The van der Waals surface area contributed by atoms with Crippen molar-refractivity contribution in [3.63, 3.8) is 0 Å². The van der Waals surface area contributed by atoms with Crippen LogP contribution in [0.1, 0.15) is 35.2 Å². The van der Waals surface area contributed by atoms with Crippen LogP contribution in [0, 0.1) is 11.8 Å². The van der Waals surface area contributed by atoms with Crippen molar-refractivity contribution in [1.29, 1.82) is 0 Å². The van der Waals surface area contributed by atoms with Gasteiger partial charge in [0.05, 0.1) is 13.7 Å². The number of carboxylic acid groups (broad SMARTS) is 1. The number of rotatable bonds is 10. The van der Waals surface area contributed by atoms with Gasteiger partial charge in [0.15, 0.2) is 11.5 Å². The van der Waals surface area contributed by atoms with Gasteiger partial charge in [-0.15, -0.1) is 0 Å². The smallest absolute Gasteiger partial charge is 0.339 e. The fourth-order valence-corrected chi connectivity index (χ4v) is 2.42. The molecular formula is C22H24O5. The van der Waals surface area contributed by atoms with E-state index in [0.717, 1.165) is 19.3 Å². The van der Waals surface area contributed by atoms with E-state index in [4.69, 9.17) is 14.2 Å². The summed E-state index contributed by atoms with van der Waals surface area (Å²) in [5, 5.41) is 9.22. The number of hydrogen-bond donors (Lipinski definition) is 1. The van der Waals surface area contributed by atoms with Crippen LogP contribution in [0.5, 0.6) is 11.5 Å². The molecule has 2 aromatic carbocycles. The molecule has 2 rings (SSSR count). The molecule has 5 nitrogen and oxygen atoms in total. The lowest BCUT2D eigenvalue weighted by molar-refractivity contribution is 0.0692. The Hall–Kier alpha value is -2.97. The minimum Gasteiger partial charge on any atom is -0.493 e. The predicted octanol–water partition coefficient (Wildman–Crippen LogP) is 4.16. The molecule has 0 fully saturated rings. The highest BCUT2D eigenvalue weighted by Gasteiger charge is 2.15. The number of aromatic carboxylic acids is 1. The molecule has 0 bridgehead atoms. The van der Waals surface area contributed by atoms with Gasteiger partial charge in [-0.05, 0) is 30.5 Å². The van der Waals surface area contributed by atoms with Gasteiger partial charge in [0.2, 0.25) is 0 Å². The van der Waals surface area contributed by atoms with E-state index in [2.05, 4.69) is 11.8 Å². The third kappa shape index (κ3) is 7.04. The first kappa shape index (κ1) is 20.3. The molecular weight excluding hydrogens is 344 g/mol. The predicted molar refractivity (Wildman–Crippen MR) is 103 cm³/mol. The highest BCUT2D eigenvalue weighted by molar-refractivity contribution is 5.92. The van der Waals surface area contributed by atoms with Crippen molar-refractivity contribution in [3.8, 4) is 23.3 Å². The molecule has 0 spiro atoms. The summed E-state index contributed by atoms with van der Waals surface area (Å²) in [6.07, 6.45) is 2.63. The average molecular weight is 368 g/mol. The second-order valence-corrected chi connectivity index (χ2v) is 5.78. The third-order valence-electron chi connectivity index (χ3n) is 3.79. The van der Waals surface area contributed by atoms with Crippen molar-refractivity contribution in [2.45, 2.75) is 25.9 Å². The highest BCUT2D eigenvalue weighted by atomic mass is 16.5. The molecule has 5 heteroatoms. The van der Waals surface area contributed by atoms with Crippen LogP contribution < -0.4 is 9.47 Å². The highest BCUT2D eigenvalue weighted by Crippen LogP contribution is 2.30. The average Bonchev–Trinajstić information content (AvgIpc) is 2.69. The molecule has 2 aromatic rings. The van der Waals surface area contributed by atoms with E-state index >= 15 is 0 Å². The minimum atomic E-state index is -1.06. The zero-order chi connectivity index (χ0) is 19.3. The molecule has 0 heterocycles. The van der Waals surface area contributed by atoms with E-state index in [1.165, 1.54) is 18.7 Å². The Balaban J connectivity index is 1.65. The number of hydrogen-bond acceptors (Lipinski definition) is 4. The molecule has 0 aliphatic heterocycles. The first-order valence-electron chi connectivity index (χ1n) is 8.83. The lowest BCUT2D eigenvalue weighted by Crippen LogP contribution is -2.05. The summed E-state index contributed by atoms with van der Waals surface area (Å²) in [4.78, 5) is 11.3. The van der Waals surface area contributed by atoms with Crippen molar-refractivity contribution >= 4 is 5.97 Å². The summed E-state index contributed by atoms with van der Waals surface area (Å²) in [6.45, 7) is 1.45. The number of carboxylic acids is 1. The first-order chi connectivity index (χ1) is 13.2. The second-order valence-electron chi connectivity index (χ2n) is 5.78. The van der Waals surface area contributed by atoms with Gasteiger partial charge in [-0.3, -0.25) is 0 Å². The van der Waals surface area contributed by atoms with Crippen molar-refractivity contribution < 1.29 is 24.1 Å². The van der Waals surface area contributed by atoms with Gasteiger partial charge < -0.3 is 19.3 Å². The van der Waals surface area contributed by atoms with Gasteiger partial charge in [-0.1, -0.05) is 48.2 Å². The maximum absolute atomic E-state index is 11.3. The lowest BCUT2D eigenvalue weighted by Gasteiger charge is -2.10. The fourth-order valence-electron chi connectivity index (χ4n) is 2.42. The zero-order valence-corrected chi connectivity index (χ0v) is 15.4. The number of carbonyl (C=O) groups is 1. The summed E-state index contributed by atoms with van der Waals surface area (Å²) in [5.41, 5.74) is 1.23. The molecule has 0 radical (unpaired) electrons. The number of methoxy groups -OCH3 is 1. The van der Waals surface area contributed by atoms with Crippen LogP contribution in [0.15, 0.2) is 48.5 Å². The van der Waals surface area contributed by atoms with E-state index in [0.29, 0.717) is 19.0 Å². The van der Waals surface area contributed by atoms with Crippen LogP contribution in [-0.2, 0) is 11.3 Å². The third-order valence-corrected chi connectivity index (χ3v) is 3.79. The Bertz CT molecular complexity index is 774. The lowest BCUT2D eigenvalue weighted by atomic mass is 10.2. The van der Waals surface area contributed by atoms with Crippen LogP contribution in [-0.4, -0.2) is 31.4 Å². The Morgan fingerprint density at radius 3 is 2.59 bits per heavy atom. The van der Waals surface area contributed by atoms with Crippen LogP contribution in [0.25, 0.3) is 0 Å². The summed E-state index contributed by atoms with van der Waals surface area (Å²) < 4.78 is 16.3. The summed E-state index contributed by atoms with van der Waals surface area (Å²) in [5.74, 6) is 5.46. The van der Waals surface area contributed by atoms with E-state index in [9.17, 15) is 9.90 Å². The number of para-hydroxylation sites is 1. The number of ether oxygens (including phenoxy) is 3. The molecule has 0 amide bonds. The standard InChI is InChI=1S/C22H24O5/c1-25-20-14-10-13-19(22(23)24)21(20)27-16-9-4-2-3-8-15-26-17-18-11-6-5-7-12-18/h5-7,10-14H,2-3,8,15-17H2,1H3,(H,23,24). The molecule has 0 aliphatic carbocycles. The van der Waals surface area contributed by atoms with Crippen LogP contribution in [0.3, 0.4) is 0 Å². The first-order valence-corrected chi connectivity index (χ1v) is 8.83. The molecule has 0 aromatic heterocycles. The van der Waals surface area contributed by atoms with Gasteiger partial charge in [-0.2, -0.15) is 0 Å². The molecule has 1 N–H and O–H groups in total. The van der Waals surface area contributed by atoms with Gasteiger partial charge in [-0.25, -0.2) is 4.79 Å². The van der Waals surface area contributed by atoms with E-state index in [-0.39, 0.29) is 17.9 Å². The van der Waals surface area contributed by atoms with Gasteiger partial charge >= 0.3 is 5.97 Å². The molecule has 0 aliphatic rings. The molecule has 0 atom stereocenters. The molecule has 27 heavy (non-hydrogen) atoms. The second kappa shape index (κ2) is 11.6. The van der Waals surface area contributed by atoms with Gasteiger partial charge in [0.25, 0.3) is 0 Å². The summed E-state index contributed by atoms with van der Waals surface area (Å²) in [7, 11) is 1.47. The quantitative estimate of drug-likeness (QED) is 0.504. The maximum atomic E-state index is 11.3. The Kier molecular flexibility index (Phi) is 8.75.